The molecule has 3 N–H and O–H groups in total. The second-order valence-corrected chi connectivity index (χ2v) is 6.60. The molecule has 122 valence electrons. The number of nitrogens with one attached hydrogen (secondary N) is 3. The first-order valence-corrected chi connectivity index (χ1v) is 8.51. The van der Waals surface area contributed by atoms with Crippen LogP contribution in [0.3, 0.4) is 0 Å². The third kappa shape index (κ3) is 3.61. The van der Waals surface area contributed by atoms with Gasteiger partial charge < -0.3 is 5.32 Å². The summed E-state index contributed by atoms with van der Waals surface area (Å²) < 4.78 is 27.1. The highest BCUT2D eigenvalue weighted by Crippen LogP contribution is 2.16. The molecule has 0 unspecified atom stereocenters. The molecule has 1 amide bonds. The number of hydrogen-bond donors (Lipinski definition) is 3. The summed E-state index contributed by atoms with van der Waals surface area (Å²) in [5, 5.41) is 8.95. The molecule has 0 saturated carbocycles. The van der Waals surface area contributed by atoms with Gasteiger partial charge in [-0.2, -0.15) is 5.10 Å². The molecule has 3 aromatic rings. The van der Waals surface area contributed by atoms with E-state index in [1.807, 2.05) is 0 Å². The number of benzene rings is 2. The number of rotatable bonds is 5. The van der Waals surface area contributed by atoms with Crippen molar-refractivity contribution in [3.05, 3.63) is 72.4 Å². The number of hydrogen-bond acceptors (Lipinski definition) is 4. The van der Waals surface area contributed by atoms with E-state index in [9.17, 15) is 13.2 Å². The van der Waals surface area contributed by atoms with Crippen molar-refractivity contribution in [1.82, 2.24) is 10.2 Å². The quantitative estimate of drug-likeness (QED) is 0.662. The summed E-state index contributed by atoms with van der Waals surface area (Å²) in [6.07, 6.45) is 1.51. The van der Waals surface area contributed by atoms with Gasteiger partial charge in [-0.25, -0.2) is 8.42 Å². The van der Waals surface area contributed by atoms with Crippen LogP contribution in [0.4, 0.5) is 11.5 Å². The van der Waals surface area contributed by atoms with E-state index in [0.29, 0.717) is 17.1 Å². The van der Waals surface area contributed by atoms with E-state index in [1.165, 1.54) is 30.5 Å². The van der Waals surface area contributed by atoms with Crippen LogP contribution in [0.2, 0.25) is 0 Å². The minimum atomic E-state index is -3.70. The number of anilines is 2. The average Bonchev–Trinajstić information content (AvgIpc) is 3.08. The molecule has 24 heavy (non-hydrogen) atoms. The number of carbonyl (C=O) groups excluding carboxylic acids is 1. The van der Waals surface area contributed by atoms with Crippen LogP contribution in [-0.4, -0.2) is 24.5 Å². The van der Waals surface area contributed by atoms with E-state index in [1.54, 1.807) is 36.4 Å². The summed E-state index contributed by atoms with van der Waals surface area (Å²) in [4.78, 5) is 12.1. The largest absolute Gasteiger partial charge is 0.307 e. The van der Waals surface area contributed by atoms with Gasteiger partial charge in [0, 0.05) is 17.3 Å². The van der Waals surface area contributed by atoms with Crippen molar-refractivity contribution in [2.24, 2.45) is 0 Å². The Morgan fingerprint density at radius 1 is 0.958 bits per heavy atom. The molecular weight excluding hydrogens is 328 g/mol. The maximum atomic E-state index is 12.3. The molecule has 0 spiro atoms. The van der Waals surface area contributed by atoms with Crippen molar-refractivity contribution in [1.29, 1.82) is 0 Å². The zero-order chi connectivity index (χ0) is 17.0. The van der Waals surface area contributed by atoms with Crippen LogP contribution in [-0.2, 0) is 10.0 Å². The normalized spacial score (nSPS) is 11.0. The molecule has 0 aliphatic carbocycles. The Kier molecular flexibility index (Phi) is 4.30. The van der Waals surface area contributed by atoms with E-state index in [2.05, 4.69) is 20.2 Å². The van der Waals surface area contributed by atoms with Gasteiger partial charge in [-0.15, -0.1) is 0 Å². The first-order valence-electron chi connectivity index (χ1n) is 7.03. The Bertz CT molecular complexity index is 921. The fourth-order valence-corrected chi connectivity index (χ4v) is 3.08. The van der Waals surface area contributed by atoms with Crippen molar-refractivity contribution in [2.75, 3.05) is 10.0 Å². The second-order valence-electron chi connectivity index (χ2n) is 4.92. The van der Waals surface area contributed by atoms with Gasteiger partial charge in [-0.1, -0.05) is 18.2 Å². The Labute approximate surface area is 138 Å². The van der Waals surface area contributed by atoms with E-state index in [0.717, 1.165) is 0 Å². The highest BCUT2D eigenvalue weighted by atomic mass is 32.2. The fourth-order valence-electron chi connectivity index (χ4n) is 2.03. The van der Waals surface area contributed by atoms with E-state index < -0.39 is 10.0 Å². The number of aromatic nitrogens is 2. The Balaban J connectivity index is 1.75. The first kappa shape index (κ1) is 15.8. The predicted molar refractivity (Wildman–Crippen MR) is 90.2 cm³/mol. The monoisotopic (exact) mass is 342 g/mol. The zero-order valence-electron chi connectivity index (χ0n) is 12.4. The van der Waals surface area contributed by atoms with Crippen molar-refractivity contribution >= 4 is 27.4 Å². The SMILES string of the molecule is O=C(Nc1ccn[nH]1)c1ccc(S(=O)(=O)Nc2ccccc2)cc1. The number of sulfonamides is 1. The molecule has 2 aromatic carbocycles. The topological polar surface area (TPSA) is 104 Å². The van der Waals surface area contributed by atoms with Crippen LogP contribution in [0.1, 0.15) is 10.4 Å². The van der Waals surface area contributed by atoms with Crippen LogP contribution in [0, 0.1) is 0 Å². The van der Waals surface area contributed by atoms with Crippen molar-refractivity contribution in [2.45, 2.75) is 4.90 Å². The third-order valence-electron chi connectivity index (χ3n) is 3.20. The van der Waals surface area contributed by atoms with Gasteiger partial charge in [0.1, 0.15) is 5.82 Å². The Morgan fingerprint density at radius 3 is 2.29 bits per heavy atom. The van der Waals surface area contributed by atoms with Crippen LogP contribution < -0.4 is 10.0 Å². The standard InChI is InChI=1S/C16H14N4O3S/c21-16(18-15-10-11-17-19-15)12-6-8-14(9-7-12)24(22,23)20-13-4-2-1-3-5-13/h1-11,20H,(H2,17,18,19,21). The van der Waals surface area contributed by atoms with Crippen LogP contribution >= 0.6 is 0 Å². The number of nitrogens with zero attached hydrogens (tertiary/aromatic N) is 1. The number of aromatic amines is 1. The second kappa shape index (κ2) is 6.55. The zero-order valence-corrected chi connectivity index (χ0v) is 13.2. The molecule has 1 heterocycles. The lowest BCUT2D eigenvalue weighted by molar-refractivity contribution is 0.102. The van der Waals surface area contributed by atoms with Crippen LogP contribution in [0.15, 0.2) is 71.8 Å². The van der Waals surface area contributed by atoms with Gasteiger partial charge in [0.15, 0.2) is 0 Å². The maximum Gasteiger partial charge on any atom is 0.261 e. The highest BCUT2D eigenvalue weighted by molar-refractivity contribution is 7.92. The summed E-state index contributed by atoms with van der Waals surface area (Å²) >= 11 is 0. The molecule has 0 aliphatic rings. The lowest BCUT2D eigenvalue weighted by Gasteiger charge is -2.08. The summed E-state index contributed by atoms with van der Waals surface area (Å²) in [5.74, 6) is 0.0988. The predicted octanol–water partition coefficient (Wildman–Crippen LogP) is 2.46. The van der Waals surface area contributed by atoms with Gasteiger partial charge in [0.25, 0.3) is 15.9 Å². The number of para-hydroxylation sites is 1. The molecule has 8 heteroatoms. The van der Waals surface area contributed by atoms with E-state index >= 15 is 0 Å². The Hall–Kier alpha value is -3.13. The van der Waals surface area contributed by atoms with Crippen molar-refractivity contribution in [3.63, 3.8) is 0 Å². The first-order chi connectivity index (χ1) is 11.5. The van der Waals surface area contributed by atoms with Crippen LogP contribution in [0.5, 0.6) is 0 Å². The minimum absolute atomic E-state index is 0.0736. The van der Waals surface area contributed by atoms with Crippen LogP contribution in [0.25, 0.3) is 0 Å². The Morgan fingerprint density at radius 2 is 1.67 bits per heavy atom. The minimum Gasteiger partial charge on any atom is -0.307 e. The number of carbonyl (C=O) groups is 1. The fraction of sp³-hybridized carbons (Fsp3) is 0. The highest BCUT2D eigenvalue weighted by Gasteiger charge is 2.15. The summed E-state index contributed by atoms with van der Waals surface area (Å²) in [5.41, 5.74) is 0.807. The number of H-pyrrole nitrogens is 1. The molecule has 0 saturated heterocycles. The van der Waals surface area contributed by atoms with E-state index in [-0.39, 0.29) is 10.8 Å². The molecular formula is C16H14N4O3S. The van der Waals surface area contributed by atoms with Crippen molar-refractivity contribution in [3.8, 4) is 0 Å². The summed E-state index contributed by atoms with van der Waals surface area (Å²) in [7, 11) is -3.70. The van der Waals surface area contributed by atoms with Gasteiger partial charge in [0.05, 0.1) is 11.1 Å². The molecule has 0 radical (unpaired) electrons. The molecule has 0 bridgehead atoms. The smallest absolute Gasteiger partial charge is 0.261 e. The molecule has 7 nitrogen and oxygen atoms in total. The van der Waals surface area contributed by atoms with Gasteiger partial charge in [0.2, 0.25) is 0 Å². The van der Waals surface area contributed by atoms with Crippen molar-refractivity contribution < 1.29 is 13.2 Å². The molecule has 3 rings (SSSR count). The number of amides is 1. The van der Waals surface area contributed by atoms with E-state index in [4.69, 9.17) is 0 Å². The lowest BCUT2D eigenvalue weighted by atomic mass is 10.2. The lowest BCUT2D eigenvalue weighted by Crippen LogP contribution is -2.15. The molecule has 0 aliphatic heterocycles. The third-order valence-corrected chi connectivity index (χ3v) is 4.60. The van der Waals surface area contributed by atoms with Gasteiger partial charge in [-0.05, 0) is 36.4 Å². The van der Waals surface area contributed by atoms with Gasteiger partial charge in [-0.3, -0.25) is 14.6 Å². The molecule has 0 fully saturated rings. The summed E-state index contributed by atoms with van der Waals surface area (Å²) in [6.45, 7) is 0. The summed E-state index contributed by atoms with van der Waals surface area (Å²) in [6, 6.07) is 15.9. The molecule has 0 atom stereocenters. The maximum absolute atomic E-state index is 12.3. The average molecular weight is 342 g/mol. The molecule has 1 aromatic heterocycles. The van der Waals surface area contributed by atoms with Gasteiger partial charge >= 0.3 is 0 Å².